The predicted octanol–water partition coefficient (Wildman–Crippen LogP) is 1.05. The first kappa shape index (κ1) is 16.2. The van der Waals surface area contributed by atoms with Crippen LogP contribution in [0.15, 0.2) is 41.2 Å². The van der Waals surface area contributed by atoms with E-state index in [2.05, 4.69) is 0 Å². The average molecular weight is 364 g/mol. The molecule has 0 spiro atoms. The summed E-state index contributed by atoms with van der Waals surface area (Å²) in [5.41, 5.74) is 1.04. The highest BCUT2D eigenvalue weighted by Gasteiger charge is 2.46. The number of rotatable bonds is 2. The first-order chi connectivity index (χ1) is 13.0. The predicted molar refractivity (Wildman–Crippen MR) is 95.9 cm³/mol. The minimum absolute atomic E-state index is 0.188. The number of ether oxygens (including phenoxy) is 1. The van der Waals surface area contributed by atoms with Crippen LogP contribution in [0, 0.1) is 0 Å². The first-order valence-corrected chi connectivity index (χ1v) is 8.69. The number of esters is 1. The van der Waals surface area contributed by atoms with E-state index in [0.717, 1.165) is 16.5 Å². The highest BCUT2D eigenvalue weighted by Crippen LogP contribution is 2.38. The Morgan fingerprint density at radius 1 is 1.22 bits per heavy atom. The second-order valence-corrected chi connectivity index (χ2v) is 6.91. The van der Waals surface area contributed by atoms with Crippen molar-refractivity contribution >= 4 is 16.9 Å². The number of para-hydroxylation sites is 1. The summed E-state index contributed by atoms with van der Waals surface area (Å²) >= 11 is 0. The molecule has 0 bridgehead atoms. The van der Waals surface area contributed by atoms with Crippen molar-refractivity contribution in [1.82, 2.24) is 9.55 Å². The van der Waals surface area contributed by atoms with Crippen molar-refractivity contribution in [3.8, 4) is 11.4 Å². The Bertz CT molecular complexity index is 1180. The van der Waals surface area contributed by atoms with Crippen LogP contribution < -0.4 is 5.56 Å². The van der Waals surface area contributed by atoms with Gasteiger partial charge in [0.15, 0.2) is 5.60 Å². The number of carbonyl (C=O) groups excluding carboxylic acids is 1. The monoisotopic (exact) mass is 364 g/mol. The normalized spacial score (nSPS) is 20.1. The van der Waals surface area contributed by atoms with Crippen LogP contribution in [0.1, 0.15) is 23.1 Å². The molecule has 5 rings (SSSR count). The van der Waals surface area contributed by atoms with E-state index < -0.39 is 18.2 Å². The molecule has 0 amide bonds. The van der Waals surface area contributed by atoms with Gasteiger partial charge in [-0.1, -0.05) is 18.2 Å². The summed E-state index contributed by atoms with van der Waals surface area (Å²) in [6.45, 7) is -0.226. The molecule has 2 aliphatic rings. The third-order valence-corrected chi connectivity index (χ3v) is 5.38. The maximum absolute atomic E-state index is 13.0. The van der Waals surface area contributed by atoms with Crippen molar-refractivity contribution in [1.29, 1.82) is 0 Å². The van der Waals surface area contributed by atoms with Gasteiger partial charge in [-0.2, -0.15) is 0 Å². The minimum Gasteiger partial charge on any atom is -0.458 e. The molecule has 1 atom stereocenters. The van der Waals surface area contributed by atoms with Crippen LogP contribution in [0.2, 0.25) is 0 Å². The largest absolute Gasteiger partial charge is 0.458 e. The molecular formula is C20H16N2O5. The molecule has 2 aromatic heterocycles. The SMILES string of the molecule is O=C1OCc2c(cc3n(c2=O)Cc2cc4ccccc4nc2-3)C1(O)CCO. The molecule has 0 saturated heterocycles. The van der Waals surface area contributed by atoms with Gasteiger partial charge in [-0.3, -0.25) is 4.79 Å². The van der Waals surface area contributed by atoms with Gasteiger partial charge in [0.1, 0.15) is 6.61 Å². The zero-order valence-electron chi connectivity index (χ0n) is 14.3. The molecule has 4 heterocycles. The van der Waals surface area contributed by atoms with Gasteiger partial charge in [-0.25, -0.2) is 9.78 Å². The number of fused-ring (bicyclic) bond motifs is 5. The van der Waals surface area contributed by atoms with Gasteiger partial charge in [0.2, 0.25) is 0 Å². The van der Waals surface area contributed by atoms with E-state index in [9.17, 15) is 19.8 Å². The molecule has 1 aromatic carbocycles. The second-order valence-electron chi connectivity index (χ2n) is 6.91. The van der Waals surface area contributed by atoms with E-state index in [1.165, 1.54) is 0 Å². The summed E-state index contributed by atoms with van der Waals surface area (Å²) in [7, 11) is 0. The molecule has 27 heavy (non-hydrogen) atoms. The average Bonchev–Trinajstić information content (AvgIpc) is 3.02. The Hall–Kier alpha value is -3.03. The van der Waals surface area contributed by atoms with Gasteiger partial charge in [0.25, 0.3) is 5.56 Å². The van der Waals surface area contributed by atoms with Crippen molar-refractivity contribution < 1.29 is 19.7 Å². The molecule has 0 fully saturated rings. The van der Waals surface area contributed by atoms with Crippen LogP contribution >= 0.6 is 0 Å². The van der Waals surface area contributed by atoms with Crippen molar-refractivity contribution in [3.05, 3.63) is 63.4 Å². The number of aliphatic hydroxyl groups excluding tert-OH is 1. The van der Waals surface area contributed by atoms with Crippen LogP contribution in [0.3, 0.4) is 0 Å². The second kappa shape index (κ2) is 5.48. The number of carbonyl (C=O) groups is 1. The fourth-order valence-corrected chi connectivity index (χ4v) is 3.99. The third-order valence-electron chi connectivity index (χ3n) is 5.38. The molecule has 0 saturated carbocycles. The first-order valence-electron chi connectivity index (χ1n) is 8.69. The molecule has 7 nitrogen and oxygen atoms in total. The van der Waals surface area contributed by atoms with Crippen LogP contribution in [-0.4, -0.2) is 32.3 Å². The Morgan fingerprint density at radius 2 is 2.04 bits per heavy atom. The number of hydrogen-bond acceptors (Lipinski definition) is 6. The fourth-order valence-electron chi connectivity index (χ4n) is 3.99. The van der Waals surface area contributed by atoms with Crippen molar-refractivity contribution in [2.45, 2.75) is 25.2 Å². The van der Waals surface area contributed by atoms with Gasteiger partial charge in [-0.05, 0) is 18.2 Å². The lowest BCUT2D eigenvalue weighted by molar-refractivity contribution is -0.173. The Labute approximate surface area is 153 Å². The van der Waals surface area contributed by atoms with Crippen molar-refractivity contribution in [3.63, 3.8) is 0 Å². The van der Waals surface area contributed by atoms with Gasteiger partial charge >= 0.3 is 5.97 Å². The van der Waals surface area contributed by atoms with Crippen LogP contribution in [0.4, 0.5) is 0 Å². The number of benzene rings is 1. The zero-order chi connectivity index (χ0) is 18.8. The van der Waals surface area contributed by atoms with Gasteiger partial charge in [0, 0.05) is 29.5 Å². The molecule has 0 radical (unpaired) electrons. The smallest absolute Gasteiger partial charge is 0.343 e. The number of nitrogens with zero attached hydrogens (tertiary/aromatic N) is 2. The van der Waals surface area contributed by atoms with E-state index in [-0.39, 0.29) is 29.7 Å². The van der Waals surface area contributed by atoms with E-state index in [4.69, 9.17) is 9.72 Å². The topological polar surface area (TPSA) is 102 Å². The number of pyridine rings is 2. The molecule has 7 heteroatoms. The number of cyclic esters (lactones) is 1. The fraction of sp³-hybridized carbons (Fsp3) is 0.250. The van der Waals surface area contributed by atoms with Gasteiger partial charge < -0.3 is 19.5 Å². The number of aliphatic hydroxyl groups is 2. The summed E-state index contributed by atoms with van der Waals surface area (Å²) in [6.07, 6.45) is -0.236. The van der Waals surface area contributed by atoms with E-state index in [0.29, 0.717) is 17.9 Å². The van der Waals surface area contributed by atoms with Crippen LogP contribution in [0.25, 0.3) is 22.3 Å². The van der Waals surface area contributed by atoms with E-state index >= 15 is 0 Å². The maximum atomic E-state index is 13.0. The van der Waals surface area contributed by atoms with Crippen LogP contribution in [0.5, 0.6) is 0 Å². The third kappa shape index (κ3) is 2.12. The summed E-state index contributed by atoms with van der Waals surface area (Å²) in [6, 6.07) is 11.3. The van der Waals surface area contributed by atoms with E-state index in [1.807, 2.05) is 30.3 Å². The molecule has 3 aromatic rings. The van der Waals surface area contributed by atoms with Crippen molar-refractivity contribution in [2.24, 2.45) is 0 Å². The Morgan fingerprint density at radius 3 is 2.85 bits per heavy atom. The number of aromatic nitrogens is 2. The maximum Gasteiger partial charge on any atom is 0.343 e. The molecule has 2 aliphatic heterocycles. The van der Waals surface area contributed by atoms with Gasteiger partial charge in [-0.15, -0.1) is 0 Å². The van der Waals surface area contributed by atoms with E-state index in [1.54, 1.807) is 10.6 Å². The Kier molecular flexibility index (Phi) is 3.28. The quantitative estimate of drug-likeness (QED) is 0.516. The van der Waals surface area contributed by atoms with Crippen molar-refractivity contribution in [2.75, 3.05) is 6.61 Å². The Balaban J connectivity index is 1.79. The highest BCUT2D eigenvalue weighted by molar-refractivity contribution is 5.86. The molecular weight excluding hydrogens is 348 g/mol. The van der Waals surface area contributed by atoms with Crippen LogP contribution in [-0.2, 0) is 28.3 Å². The summed E-state index contributed by atoms with van der Waals surface area (Å²) < 4.78 is 6.62. The van der Waals surface area contributed by atoms with Gasteiger partial charge in [0.05, 0.1) is 29.0 Å². The zero-order valence-corrected chi connectivity index (χ0v) is 14.3. The highest BCUT2D eigenvalue weighted by atomic mass is 16.6. The minimum atomic E-state index is -2.03. The standard InChI is InChI=1S/C20H16N2O5/c23-6-5-20(26)14-8-16-17-12(7-11-3-1-2-4-15(11)21-17)9-22(16)18(24)13(14)10-27-19(20)25/h1-4,7-8,23,26H,5-6,9-10H2. The molecule has 1 unspecified atom stereocenters. The lowest BCUT2D eigenvalue weighted by Gasteiger charge is -2.32. The summed E-state index contributed by atoms with van der Waals surface area (Å²) in [5, 5.41) is 21.2. The number of hydrogen-bond donors (Lipinski definition) is 2. The molecule has 2 N–H and O–H groups in total. The lowest BCUT2D eigenvalue weighted by Crippen LogP contribution is -2.45. The summed E-state index contributed by atoms with van der Waals surface area (Å²) in [5.74, 6) is -0.849. The molecule has 136 valence electrons. The summed E-state index contributed by atoms with van der Waals surface area (Å²) in [4.78, 5) is 29.9. The molecule has 0 aliphatic carbocycles. The lowest BCUT2D eigenvalue weighted by atomic mass is 9.85.